The molecule has 3 rings (SSSR count). The van der Waals surface area contributed by atoms with E-state index in [4.69, 9.17) is 0 Å². The molecule has 0 unspecified atom stereocenters. The number of hydrogen-bond donors (Lipinski definition) is 2. The summed E-state index contributed by atoms with van der Waals surface area (Å²) in [7, 11) is 0. The molecular formula is C15H9F3N2O3. The second kappa shape index (κ2) is 5.01. The number of aromatic hydroxyl groups is 1. The highest BCUT2D eigenvalue weighted by Gasteiger charge is 2.35. The lowest BCUT2D eigenvalue weighted by atomic mass is 9.98. The number of pyridine rings is 2. The molecular weight excluding hydrogens is 313 g/mol. The van der Waals surface area contributed by atoms with Crippen LogP contribution in [0.3, 0.4) is 0 Å². The van der Waals surface area contributed by atoms with E-state index in [-0.39, 0.29) is 15.8 Å². The molecule has 3 aromatic rings. The average molecular weight is 322 g/mol. The zero-order valence-electron chi connectivity index (χ0n) is 11.4. The van der Waals surface area contributed by atoms with Crippen LogP contribution < -0.4 is 5.56 Å². The van der Waals surface area contributed by atoms with Crippen molar-refractivity contribution < 1.29 is 23.5 Å². The van der Waals surface area contributed by atoms with Gasteiger partial charge in [0.25, 0.3) is 5.56 Å². The van der Waals surface area contributed by atoms with Crippen LogP contribution in [-0.4, -0.2) is 20.0 Å². The first-order chi connectivity index (χ1) is 10.8. The zero-order chi connectivity index (χ0) is 16.8. The Balaban J connectivity index is 2.46. The number of fused-ring (bicyclic) bond motifs is 1. The Bertz CT molecular complexity index is 964. The van der Waals surface area contributed by atoms with E-state index >= 15 is 0 Å². The van der Waals surface area contributed by atoms with Crippen LogP contribution in [0.15, 0.2) is 47.4 Å². The summed E-state index contributed by atoms with van der Waals surface area (Å²) in [5, 5.41) is 20.1. The summed E-state index contributed by atoms with van der Waals surface area (Å²) in [4.78, 5) is 16.0. The Morgan fingerprint density at radius 3 is 2.48 bits per heavy atom. The fourth-order valence-corrected chi connectivity index (χ4v) is 2.38. The summed E-state index contributed by atoms with van der Waals surface area (Å²) in [6.07, 6.45) is -3.45. The lowest BCUT2D eigenvalue weighted by Gasteiger charge is -2.15. The minimum atomic E-state index is -4.72. The van der Waals surface area contributed by atoms with Crippen LogP contribution in [0, 0.1) is 0 Å². The largest absolute Gasteiger partial charge is 0.506 e. The van der Waals surface area contributed by atoms with Crippen molar-refractivity contribution in [2.24, 2.45) is 0 Å². The molecule has 0 bridgehead atoms. The minimum Gasteiger partial charge on any atom is -0.506 e. The molecule has 23 heavy (non-hydrogen) atoms. The molecule has 0 fully saturated rings. The van der Waals surface area contributed by atoms with E-state index in [1.807, 2.05) is 0 Å². The van der Waals surface area contributed by atoms with Crippen LogP contribution in [0.5, 0.6) is 5.75 Å². The van der Waals surface area contributed by atoms with Crippen LogP contribution in [0.4, 0.5) is 13.2 Å². The van der Waals surface area contributed by atoms with Crippen molar-refractivity contribution in [2.75, 3.05) is 0 Å². The van der Waals surface area contributed by atoms with Gasteiger partial charge in [0, 0.05) is 11.8 Å². The Labute approximate surface area is 126 Å². The third-order valence-electron chi connectivity index (χ3n) is 3.39. The predicted molar refractivity (Wildman–Crippen MR) is 75.3 cm³/mol. The average Bonchev–Trinajstić information content (AvgIpc) is 2.52. The second-order valence-electron chi connectivity index (χ2n) is 4.76. The van der Waals surface area contributed by atoms with Gasteiger partial charge >= 0.3 is 6.18 Å². The highest BCUT2D eigenvalue weighted by atomic mass is 19.4. The molecule has 0 atom stereocenters. The SMILES string of the molecule is O=c1c(-c2ccccc2C(F)(F)F)c(O)c2cccnc2n1O. The maximum atomic E-state index is 13.1. The molecule has 2 aromatic heterocycles. The van der Waals surface area contributed by atoms with Gasteiger partial charge in [0.2, 0.25) is 0 Å². The van der Waals surface area contributed by atoms with Crippen molar-refractivity contribution in [1.29, 1.82) is 0 Å². The molecule has 0 aliphatic rings. The Kier molecular flexibility index (Phi) is 3.24. The van der Waals surface area contributed by atoms with Crippen molar-refractivity contribution >= 4 is 11.0 Å². The highest BCUT2D eigenvalue weighted by Crippen LogP contribution is 2.40. The molecule has 5 nitrogen and oxygen atoms in total. The van der Waals surface area contributed by atoms with Gasteiger partial charge < -0.3 is 10.3 Å². The third-order valence-corrected chi connectivity index (χ3v) is 3.39. The van der Waals surface area contributed by atoms with Crippen molar-refractivity contribution in [3.05, 3.63) is 58.5 Å². The molecule has 2 N–H and O–H groups in total. The van der Waals surface area contributed by atoms with Crippen LogP contribution in [0.2, 0.25) is 0 Å². The first kappa shape index (κ1) is 14.9. The molecule has 118 valence electrons. The molecule has 0 aliphatic heterocycles. The summed E-state index contributed by atoms with van der Waals surface area (Å²) in [6, 6.07) is 7.09. The number of aromatic nitrogens is 2. The first-order valence-corrected chi connectivity index (χ1v) is 6.41. The summed E-state index contributed by atoms with van der Waals surface area (Å²) in [5.41, 5.74) is -3.68. The van der Waals surface area contributed by atoms with E-state index < -0.39 is 34.2 Å². The normalized spacial score (nSPS) is 11.8. The van der Waals surface area contributed by atoms with Gasteiger partial charge in [-0.3, -0.25) is 4.79 Å². The van der Waals surface area contributed by atoms with Crippen LogP contribution in [0.25, 0.3) is 22.2 Å². The van der Waals surface area contributed by atoms with Crippen LogP contribution in [0.1, 0.15) is 5.56 Å². The Hall–Kier alpha value is -3.03. The number of benzene rings is 1. The number of hydrogen-bond acceptors (Lipinski definition) is 4. The third kappa shape index (κ3) is 2.28. The van der Waals surface area contributed by atoms with Gasteiger partial charge in [-0.1, -0.05) is 18.2 Å². The zero-order valence-corrected chi connectivity index (χ0v) is 11.4. The summed E-state index contributed by atoms with van der Waals surface area (Å²) in [5.74, 6) is -0.667. The molecule has 0 amide bonds. The lowest BCUT2D eigenvalue weighted by molar-refractivity contribution is -0.137. The van der Waals surface area contributed by atoms with Crippen molar-refractivity contribution in [2.45, 2.75) is 6.18 Å². The van der Waals surface area contributed by atoms with Crippen LogP contribution in [-0.2, 0) is 6.18 Å². The van der Waals surface area contributed by atoms with E-state index in [0.29, 0.717) is 0 Å². The summed E-state index contributed by atoms with van der Waals surface area (Å²) >= 11 is 0. The monoisotopic (exact) mass is 322 g/mol. The van der Waals surface area contributed by atoms with Gasteiger partial charge in [0.15, 0.2) is 5.65 Å². The predicted octanol–water partition coefficient (Wildman–Crippen LogP) is 3.03. The van der Waals surface area contributed by atoms with E-state index in [1.54, 1.807) is 0 Å². The summed E-state index contributed by atoms with van der Waals surface area (Å²) in [6.45, 7) is 0. The lowest BCUT2D eigenvalue weighted by Crippen LogP contribution is -2.22. The fraction of sp³-hybridized carbons (Fsp3) is 0.0667. The number of halogens is 3. The van der Waals surface area contributed by atoms with E-state index in [2.05, 4.69) is 4.98 Å². The molecule has 0 radical (unpaired) electrons. The standard InChI is InChI=1S/C15H9F3N2O3/c16-15(17,18)10-6-2-1-4-8(10)11-12(21)9-5-3-7-19-13(9)20(23)14(11)22/h1-7,21,23H. The number of alkyl halides is 3. The molecule has 0 spiro atoms. The maximum Gasteiger partial charge on any atom is 0.417 e. The molecule has 0 saturated heterocycles. The van der Waals surface area contributed by atoms with Gasteiger partial charge in [0.05, 0.1) is 16.5 Å². The second-order valence-corrected chi connectivity index (χ2v) is 4.76. The van der Waals surface area contributed by atoms with Crippen LogP contribution >= 0.6 is 0 Å². The summed E-state index contributed by atoms with van der Waals surface area (Å²) < 4.78 is 39.6. The smallest absolute Gasteiger partial charge is 0.417 e. The van der Waals surface area contributed by atoms with Gasteiger partial charge in [-0.2, -0.15) is 13.2 Å². The van der Waals surface area contributed by atoms with E-state index in [0.717, 1.165) is 12.1 Å². The molecule has 2 heterocycles. The topological polar surface area (TPSA) is 75.3 Å². The van der Waals surface area contributed by atoms with Gasteiger partial charge in [-0.05, 0) is 18.2 Å². The van der Waals surface area contributed by atoms with Crippen molar-refractivity contribution in [1.82, 2.24) is 9.71 Å². The number of nitrogens with zero attached hydrogens (tertiary/aromatic N) is 2. The first-order valence-electron chi connectivity index (χ1n) is 6.41. The van der Waals surface area contributed by atoms with Gasteiger partial charge in [-0.25, -0.2) is 4.98 Å². The van der Waals surface area contributed by atoms with Crippen molar-refractivity contribution in [3.63, 3.8) is 0 Å². The molecule has 0 aliphatic carbocycles. The Morgan fingerprint density at radius 1 is 1.09 bits per heavy atom. The van der Waals surface area contributed by atoms with E-state index in [9.17, 15) is 28.3 Å². The van der Waals surface area contributed by atoms with Crippen molar-refractivity contribution in [3.8, 4) is 16.9 Å². The van der Waals surface area contributed by atoms with Gasteiger partial charge in [0.1, 0.15) is 5.75 Å². The maximum absolute atomic E-state index is 13.1. The quantitative estimate of drug-likeness (QED) is 0.675. The van der Waals surface area contributed by atoms with E-state index in [1.165, 1.54) is 30.5 Å². The number of rotatable bonds is 1. The highest BCUT2D eigenvalue weighted by molar-refractivity contribution is 5.90. The Morgan fingerprint density at radius 2 is 1.78 bits per heavy atom. The van der Waals surface area contributed by atoms with Gasteiger partial charge in [-0.15, -0.1) is 4.73 Å². The minimum absolute atomic E-state index is 0.0402. The molecule has 0 saturated carbocycles. The molecule has 1 aromatic carbocycles. The fourth-order valence-electron chi connectivity index (χ4n) is 2.38. The molecule has 8 heteroatoms.